The third-order valence-corrected chi connectivity index (χ3v) is 4.79. The van der Waals surface area contributed by atoms with E-state index in [1.54, 1.807) is 6.26 Å². The number of nitrogens with one attached hydrogen (secondary N) is 1. The first-order valence-corrected chi connectivity index (χ1v) is 9.83. The van der Waals surface area contributed by atoms with Gasteiger partial charge in [0, 0.05) is 23.2 Å². The van der Waals surface area contributed by atoms with Gasteiger partial charge in [-0.1, -0.05) is 20.8 Å². The van der Waals surface area contributed by atoms with Crippen molar-refractivity contribution in [1.82, 2.24) is 15.1 Å². The minimum atomic E-state index is -2.74. The molecule has 0 radical (unpaired) electrons. The molecule has 0 aliphatic rings. The molecule has 2 rings (SSSR count). The van der Waals surface area contributed by atoms with Crippen LogP contribution < -0.4 is 0 Å². The number of rotatable bonds is 9. The smallest absolute Gasteiger partial charge is 0.336 e. The van der Waals surface area contributed by atoms with Gasteiger partial charge in [0.1, 0.15) is 5.76 Å². The van der Waals surface area contributed by atoms with E-state index in [-0.39, 0.29) is 11.5 Å². The minimum absolute atomic E-state index is 0.0839. The molecule has 0 spiro atoms. The summed E-state index contributed by atoms with van der Waals surface area (Å²) in [5, 5.41) is 41.1. The molecule has 0 bridgehead atoms. The Morgan fingerprint density at radius 2 is 1.72 bits per heavy atom. The number of nitrogens with zero attached hydrogens (tertiary/aromatic N) is 2. The topological polar surface area (TPSA) is 177 Å². The highest BCUT2D eigenvalue weighted by Crippen LogP contribution is 2.27. The van der Waals surface area contributed by atoms with Crippen molar-refractivity contribution >= 4 is 17.9 Å². The van der Waals surface area contributed by atoms with Crippen molar-refractivity contribution in [2.24, 2.45) is 0 Å². The van der Waals surface area contributed by atoms with Crippen LogP contribution in [-0.4, -0.2) is 66.1 Å². The molecule has 11 nitrogen and oxygen atoms in total. The predicted octanol–water partition coefficient (Wildman–Crippen LogP) is 2.24. The molecule has 11 heteroatoms. The van der Waals surface area contributed by atoms with Gasteiger partial charge in [0.05, 0.1) is 31.3 Å². The molecule has 1 unspecified atom stereocenters. The van der Waals surface area contributed by atoms with Gasteiger partial charge in [0.25, 0.3) is 0 Å². The van der Waals surface area contributed by atoms with Crippen LogP contribution in [-0.2, 0) is 26.3 Å². The Morgan fingerprint density at radius 3 is 2.12 bits per heavy atom. The number of furan rings is 1. The Morgan fingerprint density at radius 1 is 1.16 bits per heavy atom. The van der Waals surface area contributed by atoms with Gasteiger partial charge in [-0.2, -0.15) is 5.10 Å². The van der Waals surface area contributed by atoms with Crippen LogP contribution >= 0.6 is 0 Å². The summed E-state index contributed by atoms with van der Waals surface area (Å²) in [5.41, 5.74) is -0.211. The number of aromatic amines is 1. The van der Waals surface area contributed by atoms with Gasteiger partial charge in [0.2, 0.25) is 0 Å². The summed E-state index contributed by atoms with van der Waals surface area (Å²) in [6.07, 6.45) is 1.35. The lowest BCUT2D eigenvalue weighted by Crippen LogP contribution is -2.42. The number of H-pyrrole nitrogens is 1. The van der Waals surface area contributed by atoms with Crippen molar-refractivity contribution in [2.75, 3.05) is 7.05 Å². The second kappa shape index (κ2) is 10.9. The van der Waals surface area contributed by atoms with Gasteiger partial charge < -0.3 is 24.8 Å². The molecule has 2 aromatic rings. The zero-order chi connectivity index (χ0) is 24.7. The third-order valence-electron chi connectivity index (χ3n) is 4.79. The summed E-state index contributed by atoms with van der Waals surface area (Å²) in [4.78, 5) is 32.7. The highest BCUT2D eigenvalue weighted by atomic mass is 16.4. The summed E-state index contributed by atoms with van der Waals surface area (Å²) in [5.74, 6) is -4.03. The molecular formula is C21H31N3O8. The van der Waals surface area contributed by atoms with Crippen molar-refractivity contribution in [3.63, 3.8) is 0 Å². The molecule has 0 aromatic carbocycles. The second-order valence-corrected chi connectivity index (χ2v) is 8.60. The second-order valence-electron chi connectivity index (χ2n) is 8.60. The van der Waals surface area contributed by atoms with Gasteiger partial charge in [-0.15, -0.1) is 0 Å². The standard InChI is InChI=1S/C15H23N3O.C6H8O7/c1-11(13-7-6-8-19-13)18(5)10-12-9-16-17-14(12)15(2,3)4;7-3(8)1-6(13,5(11)12)2-4(9)10/h6-9,11H,10H2,1-5H3,(H,16,17);13H,1-2H2,(H,7,8)(H,9,10)(H,11,12). The van der Waals surface area contributed by atoms with Gasteiger partial charge in [-0.25, -0.2) is 4.79 Å². The van der Waals surface area contributed by atoms with Crippen LogP contribution in [0.1, 0.15) is 63.6 Å². The monoisotopic (exact) mass is 453 g/mol. The lowest BCUT2D eigenvalue weighted by atomic mass is 9.89. The first kappa shape index (κ1) is 26.9. The van der Waals surface area contributed by atoms with Gasteiger partial charge in [-0.3, -0.25) is 19.6 Å². The van der Waals surface area contributed by atoms with Crippen LogP contribution in [0.5, 0.6) is 0 Å². The number of carbonyl (C=O) groups is 3. The van der Waals surface area contributed by atoms with Crippen molar-refractivity contribution in [3.8, 4) is 0 Å². The molecule has 0 saturated heterocycles. The Balaban J connectivity index is 0.000000347. The summed E-state index contributed by atoms with van der Waals surface area (Å²) in [6.45, 7) is 9.58. The van der Waals surface area contributed by atoms with E-state index < -0.39 is 36.4 Å². The molecular weight excluding hydrogens is 422 g/mol. The molecule has 0 aliphatic heterocycles. The Kier molecular flexibility index (Phi) is 9.16. The van der Waals surface area contributed by atoms with E-state index in [4.69, 9.17) is 24.8 Å². The van der Waals surface area contributed by atoms with Gasteiger partial charge in [-0.05, 0) is 26.1 Å². The van der Waals surface area contributed by atoms with E-state index in [1.807, 2.05) is 18.3 Å². The van der Waals surface area contributed by atoms with Gasteiger partial charge >= 0.3 is 17.9 Å². The minimum Gasteiger partial charge on any atom is -0.481 e. The Labute approximate surface area is 185 Å². The zero-order valence-electron chi connectivity index (χ0n) is 18.8. The predicted molar refractivity (Wildman–Crippen MR) is 113 cm³/mol. The number of carboxylic acids is 3. The number of carboxylic acid groups (broad SMARTS) is 3. The number of aliphatic carboxylic acids is 3. The quantitative estimate of drug-likeness (QED) is 0.378. The molecule has 0 fully saturated rings. The normalized spacial score (nSPS) is 12.7. The molecule has 2 aromatic heterocycles. The van der Waals surface area contributed by atoms with Crippen molar-refractivity contribution in [1.29, 1.82) is 0 Å². The van der Waals surface area contributed by atoms with Crippen LogP contribution in [0.4, 0.5) is 0 Å². The van der Waals surface area contributed by atoms with E-state index in [0.717, 1.165) is 12.3 Å². The number of hydrogen-bond donors (Lipinski definition) is 5. The average molecular weight is 453 g/mol. The van der Waals surface area contributed by atoms with Crippen LogP contribution in [0.15, 0.2) is 29.0 Å². The fourth-order valence-electron chi connectivity index (χ4n) is 2.95. The molecule has 2 heterocycles. The van der Waals surface area contributed by atoms with Crippen molar-refractivity contribution in [2.45, 2.75) is 64.1 Å². The molecule has 1 atom stereocenters. The number of aromatic nitrogens is 2. The summed E-state index contributed by atoms with van der Waals surface area (Å²) in [7, 11) is 2.10. The van der Waals surface area contributed by atoms with Crippen molar-refractivity contribution in [3.05, 3.63) is 41.6 Å². The Bertz CT molecular complexity index is 883. The van der Waals surface area contributed by atoms with E-state index >= 15 is 0 Å². The highest BCUT2D eigenvalue weighted by Gasteiger charge is 2.40. The molecule has 178 valence electrons. The molecule has 5 N–H and O–H groups in total. The van der Waals surface area contributed by atoms with Crippen LogP contribution in [0, 0.1) is 0 Å². The van der Waals surface area contributed by atoms with E-state index in [1.165, 1.54) is 11.3 Å². The fraction of sp³-hybridized carbons (Fsp3) is 0.524. The molecule has 32 heavy (non-hydrogen) atoms. The first-order valence-electron chi connectivity index (χ1n) is 9.83. The lowest BCUT2D eigenvalue weighted by Gasteiger charge is -2.25. The zero-order valence-corrected chi connectivity index (χ0v) is 18.8. The summed E-state index contributed by atoms with van der Waals surface area (Å²) < 4.78 is 5.47. The average Bonchev–Trinajstić information content (AvgIpc) is 3.31. The van der Waals surface area contributed by atoms with Crippen LogP contribution in [0.3, 0.4) is 0 Å². The maximum atomic E-state index is 10.3. The first-order chi connectivity index (χ1) is 14.7. The third kappa shape index (κ3) is 7.82. The van der Waals surface area contributed by atoms with E-state index in [2.05, 4.69) is 49.8 Å². The van der Waals surface area contributed by atoms with Crippen LogP contribution in [0.2, 0.25) is 0 Å². The highest BCUT2D eigenvalue weighted by molar-refractivity contribution is 5.88. The van der Waals surface area contributed by atoms with Crippen LogP contribution in [0.25, 0.3) is 0 Å². The summed E-state index contributed by atoms with van der Waals surface area (Å²) >= 11 is 0. The molecule has 0 saturated carbocycles. The van der Waals surface area contributed by atoms with E-state index in [0.29, 0.717) is 0 Å². The maximum Gasteiger partial charge on any atom is 0.336 e. The molecule has 0 aliphatic carbocycles. The number of aliphatic hydroxyl groups is 1. The lowest BCUT2D eigenvalue weighted by molar-refractivity contribution is -0.170. The SMILES string of the molecule is CC(c1ccco1)N(C)Cc1cn[nH]c1C(C)(C)C.O=C(O)CC(O)(CC(=O)O)C(=O)O. The number of hydrogen-bond acceptors (Lipinski definition) is 7. The van der Waals surface area contributed by atoms with Crippen molar-refractivity contribution < 1.29 is 39.2 Å². The fourth-order valence-corrected chi connectivity index (χ4v) is 2.95. The largest absolute Gasteiger partial charge is 0.481 e. The Hall–Kier alpha value is -3.18. The van der Waals surface area contributed by atoms with Gasteiger partial charge in [0.15, 0.2) is 5.60 Å². The molecule has 0 amide bonds. The van der Waals surface area contributed by atoms with E-state index in [9.17, 15) is 14.4 Å². The summed E-state index contributed by atoms with van der Waals surface area (Å²) in [6, 6.07) is 4.19. The maximum absolute atomic E-state index is 10.3.